The number of carbonyl (C=O) groups is 1. The Morgan fingerprint density at radius 2 is 1.91 bits per heavy atom. The highest BCUT2D eigenvalue weighted by Gasteiger charge is 2.26. The largest absolute Gasteiger partial charge is 0.311 e. The van der Waals surface area contributed by atoms with E-state index in [9.17, 15) is 4.79 Å². The molecule has 0 spiro atoms. The van der Waals surface area contributed by atoms with Crippen LogP contribution in [-0.2, 0) is 11.2 Å². The predicted molar refractivity (Wildman–Crippen MR) is 93.9 cm³/mol. The van der Waals surface area contributed by atoms with Gasteiger partial charge in [-0.1, -0.05) is 29.8 Å². The number of para-hydroxylation sites is 1. The molecule has 0 saturated carbocycles. The van der Waals surface area contributed by atoms with Crippen LogP contribution in [0.3, 0.4) is 0 Å². The third-order valence-corrected chi connectivity index (χ3v) is 5.20. The summed E-state index contributed by atoms with van der Waals surface area (Å²) in [5.41, 5.74) is 2.34. The van der Waals surface area contributed by atoms with Gasteiger partial charge >= 0.3 is 0 Å². The highest BCUT2D eigenvalue weighted by atomic mass is 35.5. The second kappa shape index (κ2) is 6.76. The quantitative estimate of drug-likeness (QED) is 0.753. The van der Waals surface area contributed by atoms with Gasteiger partial charge in [0.1, 0.15) is 0 Å². The molecule has 2 aromatic rings. The first-order valence-corrected chi connectivity index (χ1v) is 8.72. The molecule has 0 N–H and O–H groups in total. The van der Waals surface area contributed by atoms with Gasteiger partial charge in [0.05, 0.1) is 5.25 Å². The minimum absolute atomic E-state index is 0.118. The van der Waals surface area contributed by atoms with Gasteiger partial charge in [-0.25, -0.2) is 0 Å². The number of carbonyl (C=O) groups excluding carboxylic acids is 1. The Hall–Kier alpha value is -1.45. The maximum absolute atomic E-state index is 12.8. The smallest absolute Gasteiger partial charge is 0.240 e. The number of aryl methyl sites for hydroxylation is 1. The molecule has 0 unspecified atom stereocenters. The van der Waals surface area contributed by atoms with Crippen LogP contribution in [0.25, 0.3) is 0 Å². The maximum atomic E-state index is 12.8. The van der Waals surface area contributed by atoms with Gasteiger partial charge in [-0.15, -0.1) is 11.8 Å². The zero-order valence-electron chi connectivity index (χ0n) is 12.5. The molecule has 0 aliphatic carbocycles. The fraction of sp³-hybridized carbons (Fsp3) is 0.278. The van der Waals surface area contributed by atoms with Gasteiger partial charge in [0.2, 0.25) is 5.91 Å². The molecule has 4 heteroatoms. The zero-order valence-corrected chi connectivity index (χ0v) is 14.0. The molecular weight excluding hydrogens is 314 g/mol. The molecule has 22 heavy (non-hydrogen) atoms. The number of hydrogen-bond acceptors (Lipinski definition) is 2. The molecule has 0 fully saturated rings. The van der Waals surface area contributed by atoms with E-state index >= 15 is 0 Å². The van der Waals surface area contributed by atoms with Gasteiger partial charge in [0.15, 0.2) is 0 Å². The van der Waals surface area contributed by atoms with Crippen molar-refractivity contribution in [2.45, 2.75) is 29.9 Å². The summed E-state index contributed by atoms with van der Waals surface area (Å²) in [6.45, 7) is 2.78. The first-order valence-electron chi connectivity index (χ1n) is 7.46. The predicted octanol–water partition coefficient (Wildman–Crippen LogP) is 4.80. The van der Waals surface area contributed by atoms with Gasteiger partial charge in [-0.2, -0.15) is 0 Å². The summed E-state index contributed by atoms with van der Waals surface area (Å²) in [5, 5.41) is 0.598. The number of hydrogen-bond donors (Lipinski definition) is 0. The summed E-state index contributed by atoms with van der Waals surface area (Å²) in [4.78, 5) is 15.8. The number of halogens is 1. The van der Waals surface area contributed by atoms with Crippen molar-refractivity contribution in [1.29, 1.82) is 0 Å². The van der Waals surface area contributed by atoms with Crippen molar-refractivity contribution in [1.82, 2.24) is 0 Å². The van der Waals surface area contributed by atoms with Crippen molar-refractivity contribution in [3.05, 3.63) is 59.1 Å². The number of fused-ring (bicyclic) bond motifs is 1. The number of nitrogens with zero attached hydrogens (tertiary/aromatic N) is 1. The average molecular weight is 332 g/mol. The minimum Gasteiger partial charge on any atom is -0.311 e. The lowest BCUT2D eigenvalue weighted by molar-refractivity contribution is -0.117. The lowest BCUT2D eigenvalue weighted by Gasteiger charge is -2.31. The Kier molecular flexibility index (Phi) is 4.74. The topological polar surface area (TPSA) is 20.3 Å². The van der Waals surface area contributed by atoms with Crippen molar-refractivity contribution in [2.24, 2.45) is 0 Å². The number of amides is 1. The van der Waals surface area contributed by atoms with Crippen LogP contribution in [0.1, 0.15) is 18.9 Å². The molecular formula is C18H18ClNOS. The van der Waals surface area contributed by atoms with E-state index < -0.39 is 0 Å². The van der Waals surface area contributed by atoms with Gasteiger partial charge in [0, 0.05) is 22.2 Å². The van der Waals surface area contributed by atoms with Gasteiger partial charge in [-0.05, 0) is 55.7 Å². The van der Waals surface area contributed by atoms with Gasteiger partial charge < -0.3 is 4.90 Å². The Bertz CT molecular complexity index is 671. The van der Waals surface area contributed by atoms with Gasteiger partial charge in [0.25, 0.3) is 0 Å². The molecule has 1 aliphatic heterocycles. The summed E-state index contributed by atoms with van der Waals surface area (Å²) in [6, 6.07) is 15.8. The Balaban J connectivity index is 1.75. The van der Waals surface area contributed by atoms with E-state index in [0.29, 0.717) is 5.02 Å². The highest BCUT2D eigenvalue weighted by molar-refractivity contribution is 8.00. The molecule has 0 aromatic heterocycles. The van der Waals surface area contributed by atoms with Crippen LogP contribution in [0.2, 0.25) is 5.02 Å². The van der Waals surface area contributed by atoms with Crippen molar-refractivity contribution in [2.75, 3.05) is 11.4 Å². The van der Waals surface area contributed by atoms with Crippen LogP contribution < -0.4 is 4.90 Å². The minimum atomic E-state index is -0.118. The van der Waals surface area contributed by atoms with Crippen LogP contribution in [0.5, 0.6) is 0 Å². The van der Waals surface area contributed by atoms with Crippen LogP contribution in [0, 0.1) is 0 Å². The first-order chi connectivity index (χ1) is 10.6. The summed E-state index contributed by atoms with van der Waals surface area (Å²) >= 11 is 7.48. The second-order valence-electron chi connectivity index (χ2n) is 5.44. The van der Waals surface area contributed by atoms with Gasteiger partial charge in [-0.3, -0.25) is 4.79 Å². The van der Waals surface area contributed by atoms with E-state index in [2.05, 4.69) is 6.07 Å². The third-order valence-electron chi connectivity index (χ3n) is 3.85. The molecule has 1 atom stereocenters. The van der Waals surface area contributed by atoms with E-state index in [1.807, 2.05) is 54.3 Å². The average Bonchev–Trinajstić information content (AvgIpc) is 2.55. The second-order valence-corrected chi connectivity index (χ2v) is 7.29. The molecule has 1 aliphatic rings. The molecule has 3 rings (SSSR count). The number of rotatable bonds is 3. The molecule has 114 valence electrons. The van der Waals surface area contributed by atoms with Crippen LogP contribution in [-0.4, -0.2) is 17.7 Å². The van der Waals surface area contributed by atoms with Crippen molar-refractivity contribution < 1.29 is 4.79 Å². The Morgan fingerprint density at radius 1 is 1.18 bits per heavy atom. The summed E-state index contributed by atoms with van der Waals surface area (Å²) < 4.78 is 0. The van der Waals surface area contributed by atoms with E-state index in [4.69, 9.17) is 11.6 Å². The van der Waals surface area contributed by atoms with Crippen molar-refractivity contribution in [3.63, 3.8) is 0 Å². The maximum Gasteiger partial charge on any atom is 0.240 e. The monoisotopic (exact) mass is 331 g/mol. The van der Waals surface area contributed by atoms with Crippen molar-refractivity contribution >= 4 is 35.0 Å². The molecule has 1 heterocycles. The summed E-state index contributed by atoms with van der Waals surface area (Å²) in [7, 11) is 0. The SMILES string of the molecule is C[C@H](Sc1ccc(Cl)cc1)C(=O)N1CCCc2ccccc21. The standard InChI is InChI=1S/C18H18ClNOS/c1-13(22-16-10-8-15(19)9-11-16)18(21)20-12-4-6-14-5-2-3-7-17(14)20/h2-3,5,7-11,13H,4,6,12H2,1H3/t13-/m0/s1. The Morgan fingerprint density at radius 3 is 2.68 bits per heavy atom. The highest BCUT2D eigenvalue weighted by Crippen LogP contribution is 2.31. The van der Waals surface area contributed by atoms with Crippen LogP contribution in [0.15, 0.2) is 53.4 Å². The summed E-state index contributed by atoms with van der Waals surface area (Å²) in [5.74, 6) is 0.173. The lowest BCUT2D eigenvalue weighted by atomic mass is 10.0. The molecule has 0 bridgehead atoms. The van der Waals surface area contributed by atoms with E-state index in [-0.39, 0.29) is 11.2 Å². The normalized spacial score (nSPS) is 15.3. The molecule has 0 saturated heterocycles. The number of anilines is 1. The molecule has 2 aromatic carbocycles. The zero-order chi connectivity index (χ0) is 15.5. The van der Waals surface area contributed by atoms with Crippen LogP contribution >= 0.6 is 23.4 Å². The van der Waals surface area contributed by atoms with Crippen molar-refractivity contribution in [3.8, 4) is 0 Å². The van der Waals surface area contributed by atoms with E-state index in [0.717, 1.165) is 30.0 Å². The van der Waals surface area contributed by atoms with E-state index in [1.165, 1.54) is 5.56 Å². The fourth-order valence-electron chi connectivity index (χ4n) is 2.75. The Labute approximate surface area is 140 Å². The van der Waals surface area contributed by atoms with E-state index in [1.54, 1.807) is 11.8 Å². The lowest BCUT2D eigenvalue weighted by Crippen LogP contribution is -2.40. The first kappa shape index (κ1) is 15.4. The molecule has 0 radical (unpaired) electrons. The summed E-state index contributed by atoms with van der Waals surface area (Å²) in [6.07, 6.45) is 2.08. The fourth-order valence-corrected chi connectivity index (χ4v) is 3.81. The molecule has 2 nitrogen and oxygen atoms in total. The van der Waals surface area contributed by atoms with Crippen LogP contribution in [0.4, 0.5) is 5.69 Å². The number of thioether (sulfide) groups is 1. The number of benzene rings is 2. The third kappa shape index (κ3) is 3.31. The molecule has 1 amide bonds.